The van der Waals surface area contributed by atoms with Crippen molar-refractivity contribution >= 4 is 33.5 Å². The maximum absolute atomic E-state index is 12.7. The van der Waals surface area contributed by atoms with Crippen molar-refractivity contribution in [3.05, 3.63) is 80.5 Å². The molecule has 0 unspecified atom stereocenters. The molecule has 0 amide bonds. The van der Waals surface area contributed by atoms with E-state index in [-0.39, 0.29) is 16.9 Å². The Morgan fingerprint density at radius 2 is 1.46 bits per heavy atom. The third kappa shape index (κ3) is 9.66. The van der Waals surface area contributed by atoms with Crippen LogP contribution in [0.15, 0.2) is 53.4 Å². The number of hydrogen-bond acceptors (Lipinski definition) is 6. The summed E-state index contributed by atoms with van der Waals surface area (Å²) in [6.45, 7) is 21.0. The molecular weight excluding hydrogens is 545 g/mol. The summed E-state index contributed by atoms with van der Waals surface area (Å²) >= 11 is 2.99. The van der Waals surface area contributed by atoms with E-state index in [0.717, 1.165) is 46.1 Å². The molecule has 39 heavy (non-hydrogen) atoms. The van der Waals surface area contributed by atoms with Crippen LogP contribution >= 0.6 is 23.4 Å². The van der Waals surface area contributed by atoms with Crippen molar-refractivity contribution < 1.29 is 16.8 Å². The molecule has 3 rings (SSSR count). The number of thiophene rings is 1. The third-order valence-corrected chi connectivity index (χ3v) is 9.29. The zero-order valence-corrected chi connectivity index (χ0v) is 28.1. The van der Waals surface area contributed by atoms with E-state index in [4.69, 9.17) is 8.37 Å². The van der Waals surface area contributed by atoms with Gasteiger partial charge in [-0.05, 0) is 80.5 Å². The summed E-state index contributed by atoms with van der Waals surface area (Å²) in [5.74, 6) is 1.71. The van der Waals surface area contributed by atoms with E-state index in [1.807, 2.05) is 40.0 Å². The number of hydrogen-bond donors (Lipinski definition) is 0. The molecule has 0 radical (unpaired) electrons. The lowest BCUT2D eigenvalue weighted by molar-refractivity contribution is 0.310. The van der Waals surface area contributed by atoms with Gasteiger partial charge in [-0.2, -0.15) is 8.42 Å². The fraction of sp³-hybridized carbons (Fsp3) is 0.500. The average Bonchev–Trinajstić information content (AvgIpc) is 3.27. The molecule has 0 saturated carbocycles. The van der Waals surface area contributed by atoms with Crippen LogP contribution in [-0.2, 0) is 26.3 Å². The average molecular weight is 593 g/mol. The zero-order valence-electron chi connectivity index (χ0n) is 25.7. The van der Waals surface area contributed by atoms with Gasteiger partial charge in [-0.25, -0.2) is 0 Å². The monoisotopic (exact) mass is 592 g/mol. The largest absolute Gasteiger partial charge is 0.426 e. The van der Waals surface area contributed by atoms with Gasteiger partial charge >= 0.3 is 0 Å². The highest BCUT2D eigenvalue weighted by atomic mass is 32.2. The van der Waals surface area contributed by atoms with Crippen LogP contribution in [0.25, 0.3) is 0 Å². The predicted octanol–water partition coefficient (Wildman–Crippen LogP) is 10.0. The Hall–Kier alpha value is -1.80. The molecule has 0 spiro atoms. The SMILES string of the molecule is CC.CC(C)C.CCC(CC)(c1ccc(OSC)c(C)c1)c1cc(C)c(COS(=O)(=O)c2ccc(C)cc2)s1. The van der Waals surface area contributed by atoms with Crippen molar-refractivity contribution in [1.82, 2.24) is 0 Å². The maximum atomic E-state index is 12.7. The molecule has 3 aromatic rings. The second kappa shape index (κ2) is 16.5. The van der Waals surface area contributed by atoms with Gasteiger partial charge in [0.1, 0.15) is 12.4 Å². The van der Waals surface area contributed by atoms with Gasteiger partial charge in [0.05, 0.1) is 16.9 Å². The van der Waals surface area contributed by atoms with E-state index in [1.54, 1.807) is 35.6 Å². The molecule has 4 nitrogen and oxygen atoms in total. The van der Waals surface area contributed by atoms with Gasteiger partial charge < -0.3 is 4.18 Å². The van der Waals surface area contributed by atoms with Crippen LogP contribution < -0.4 is 4.18 Å². The van der Waals surface area contributed by atoms with E-state index >= 15 is 0 Å². The summed E-state index contributed by atoms with van der Waals surface area (Å²) in [5, 5.41) is 0. The molecule has 0 aliphatic rings. The Morgan fingerprint density at radius 3 is 1.95 bits per heavy atom. The molecule has 0 bridgehead atoms. The van der Waals surface area contributed by atoms with Crippen LogP contribution in [0.1, 0.15) is 93.3 Å². The van der Waals surface area contributed by atoms with Crippen LogP contribution in [0.2, 0.25) is 0 Å². The van der Waals surface area contributed by atoms with Crippen LogP contribution in [0.3, 0.4) is 0 Å². The van der Waals surface area contributed by atoms with Crippen molar-refractivity contribution in [2.45, 2.75) is 99.0 Å². The highest BCUT2D eigenvalue weighted by Crippen LogP contribution is 2.44. The number of aryl methyl sites for hydroxylation is 3. The molecule has 1 aromatic heterocycles. The first-order chi connectivity index (χ1) is 18.4. The first-order valence-electron chi connectivity index (χ1n) is 13.8. The van der Waals surface area contributed by atoms with Gasteiger partial charge in [0.15, 0.2) is 0 Å². The van der Waals surface area contributed by atoms with Crippen LogP contribution in [-0.4, -0.2) is 14.7 Å². The standard InChI is InChI=1S/C26H32O4S3.C4H10.C2H6/c1-7-26(8-2,21-11-14-23(30-31-6)19(4)15-21)25-16-20(5)24(32-25)17-29-33(27,28)22-12-9-18(3)10-13-22;1-4(2)3;1-2/h9-16H,7-8,17H2,1-6H3;4H,1-3H3;1-2H3. The van der Waals surface area contributed by atoms with Crippen molar-refractivity contribution in [3.63, 3.8) is 0 Å². The molecule has 0 aliphatic heterocycles. The van der Waals surface area contributed by atoms with E-state index in [2.05, 4.69) is 59.7 Å². The lowest BCUT2D eigenvalue weighted by atomic mass is 9.74. The zero-order chi connectivity index (χ0) is 29.8. The molecule has 1 heterocycles. The van der Waals surface area contributed by atoms with Gasteiger partial charge in [0, 0.05) is 21.4 Å². The molecule has 0 saturated heterocycles. The minimum Gasteiger partial charge on any atom is -0.426 e. The quantitative estimate of drug-likeness (QED) is 0.173. The van der Waals surface area contributed by atoms with Crippen LogP contribution in [0.5, 0.6) is 5.75 Å². The summed E-state index contributed by atoms with van der Waals surface area (Å²) in [5.41, 5.74) is 4.27. The molecule has 0 N–H and O–H groups in total. The Balaban J connectivity index is 0.00000116. The Labute approximate surface area is 246 Å². The molecule has 7 heteroatoms. The summed E-state index contributed by atoms with van der Waals surface area (Å²) in [7, 11) is -3.81. The fourth-order valence-corrected chi connectivity index (χ4v) is 6.84. The molecule has 218 valence electrons. The minimum absolute atomic E-state index is 0.0374. The van der Waals surface area contributed by atoms with E-state index in [1.165, 1.54) is 22.5 Å². The van der Waals surface area contributed by atoms with Crippen LogP contribution in [0.4, 0.5) is 0 Å². The van der Waals surface area contributed by atoms with Crippen molar-refractivity contribution in [1.29, 1.82) is 0 Å². The fourth-order valence-electron chi connectivity index (χ4n) is 4.08. The molecule has 2 aromatic carbocycles. The second-order valence-electron chi connectivity index (χ2n) is 10.00. The highest BCUT2D eigenvalue weighted by Gasteiger charge is 2.33. The van der Waals surface area contributed by atoms with Crippen molar-refractivity contribution in [3.8, 4) is 5.75 Å². The van der Waals surface area contributed by atoms with E-state index < -0.39 is 10.1 Å². The van der Waals surface area contributed by atoms with E-state index in [0.29, 0.717) is 0 Å². The van der Waals surface area contributed by atoms with Crippen LogP contribution in [0, 0.1) is 26.7 Å². The smallest absolute Gasteiger partial charge is 0.297 e. The maximum Gasteiger partial charge on any atom is 0.297 e. The van der Waals surface area contributed by atoms with Gasteiger partial charge in [0.25, 0.3) is 10.1 Å². The topological polar surface area (TPSA) is 52.6 Å². The minimum atomic E-state index is -3.81. The van der Waals surface area contributed by atoms with Gasteiger partial charge in [-0.1, -0.05) is 78.3 Å². The first kappa shape index (κ1) is 35.2. The Morgan fingerprint density at radius 1 is 0.897 bits per heavy atom. The number of benzene rings is 2. The highest BCUT2D eigenvalue weighted by molar-refractivity contribution is 7.94. The summed E-state index contributed by atoms with van der Waals surface area (Å²) in [6.07, 6.45) is 3.79. The summed E-state index contributed by atoms with van der Waals surface area (Å²) in [4.78, 5) is 2.35. The summed E-state index contributed by atoms with van der Waals surface area (Å²) in [6, 6.07) is 15.3. The van der Waals surface area contributed by atoms with Gasteiger partial charge in [-0.15, -0.1) is 11.3 Å². The summed E-state index contributed by atoms with van der Waals surface area (Å²) < 4.78 is 36.4. The Kier molecular flexibility index (Phi) is 14.9. The molecule has 0 aliphatic carbocycles. The molecular formula is C32H48O4S3. The molecule has 0 fully saturated rings. The van der Waals surface area contributed by atoms with Gasteiger partial charge in [-0.3, -0.25) is 4.18 Å². The normalized spacial score (nSPS) is 11.4. The van der Waals surface area contributed by atoms with Gasteiger partial charge in [0.2, 0.25) is 0 Å². The molecule has 0 atom stereocenters. The first-order valence-corrected chi connectivity index (χ1v) is 17.1. The van der Waals surface area contributed by atoms with E-state index in [9.17, 15) is 8.42 Å². The number of rotatable bonds is 10. The van der Waals surface area contributed by atoms with Crippen molar-refractivity contribution in [2.75, 3.05) is 6.26 Å². The Bertz CT molecular complexity index is 1240. The van der Waals surface area contributed by atoms with Crippen molar-refractivity contribution in [2.24, 2.45) is 5.92 Å². The lowest BCUT2D eigenvalue weighted by Gasteiger charge is -2.32. The second-order valence-corrected chi connectivity index (χ2v) is 13.2. The third-order valence-electron chi connectivity index (χ3n) is 6.25. The predicted molar refractivity (Wildman–Crippen MR) is 171 cm³/mol. The lowest BCUT2D eigenvalue weighted by Crippen LogP contribution is -2.25.